The second kappa shape index (κ2) is 11.1. The fraction of sp³-hybridized carbons (Fsp3) is 0.267. The van der Waals surface area contributed by atoms with Gasteiger partial charge in [0.25, 0.3) is 5.91 Å². The highest BCUT2D eigenvalue weighted by Gasteiger charge is 2.23. The van der Waals surface area contributed by atoms with Gasteiger partial charge in [-0.15, -0.1) is 0 Å². The SMILES string of the molecule is CC(C)(C)c1cc(CCc2cc(C(N)=O)no2)c(OCc2ccccc2)cc1OCc1ccccc1. The van der Waals surface area contributed by atoms with Gasteiger partial charge in [0.1, 0.15) is 30.5 Å². The van der Waals surface area contributed by atoms with Crippen LogP contribution in [0.5, 0.6) is 11.5 Å². The molecule has 0 aliphatic carbocycles. The molecule has 6 nitrogen and oxygen atoms in total. The van der Waals surface area contributed by atoms with E-state index < -0.39 is 5.91 Å². The predicted octanol–water partition coefficient (Wildman–Crippen LogP) is 6.01. The molecule has 0 aliphatic heterocycles. The molecule has 4 rings (SSSR count). The van der Waals surface area contributed by atoms with E-state index in [1.54, 1.807) is 6.07 Å². The van der Waals surface area contributed by atoms with Gasteiger partial charge in [0, 0.05) is 24.1 Å². The number of aromatic nitrogens is 1. The molecule has 4 aromatic rings. The van der Waals surface area contributed by atoms with Crippen molar-refractivity contribution < 1.29 is 18.8 Å². The molecule has 0 atom stereocenters. The highest BCUT2D eigenvalue weighted by atomic mass is 16.5. The Morgan fingerprint density at radius 3 is 1.94 bits per heavy atom. The maximum Gasteiger partial charge on any atom is 0.270 e. The lowest BCUT2D eigenvalue weighted by atomic mass is 9.84. The number of benzene rings is 3. The molecule has 0 spiro atoms. The largest absolute Gasteiger partial charge is 0.488 e. The molecule has 2 N–H and O–H groups in total. The molecular weight excluding hydrogens is 452 g/mol. The van der Waals surface area contributed by atoms with Crippen molar-refractivity contribution in [3.05, 3.63) is 113 Å². The second-order valence-electron chi connectivity index (χ2n) is 9.80. The number of amides is 1. The average Bonchev–Trinajstić information content (AvgIpc) is 3.35. The summed E-state index contributed by atoms with van der Waals surface area (Å²) in [7, 11) is 0. The number of ether oxygens (including phenoxy) is 2. The maximum absolute atomic E-state index is 11.4. The van der Waals surface area contributed by atoms with E-state index in [0.29, 0.717) is 31.8 Å². The van der Waals surface area contributed by atoms with Gasteiger partial charge >= 0.3 is 0 Å². The van der Waals surface area contributed by atoms with Gasteiger partial charge in [-0.1, -0.05) is 86.6 Å². The maximum atomic E-state index is 11.4. The Kier molecular flexibility index (Phi) is 7.74. The van der Waals surface area contributed by atoms with Crippen molar-refractivity contribution in [2.45, 2.75) is 52.2 Å². The van der Waals surface area contributed by atoms with Crippen LogP contribution in [0.3, 0.4) is 0 Å². The minimum absolute atomic E-state index is 0.130. The van der Waals surface area contributed by atoms with Crippen molar-refractivity contribution in [2.24, 2.45) is 5.73 Å². The summed E-state index contributed by atoms with van der Waals surface area (Å²) in [5.41, 5.74) is 9.60. The van der Waals surface area contributed by atoms with Crippen LogP contribution >= 0.6 is 0 Å². The number of primary amides is 1. The van der Waals surface area contributed by atoms with Gasteiger partial charge in [-0.2, -0.15) is 0 Å². The fourth-order valence-electron chi connectivity index (χ4n) is 3.92. The average molecular weight is 485 g/mol. The lowest BCUT2D eigenvalue weighted by molar-refractivity contribution is 0.0991. The number of nitrogens with zero attached hydrogens (tertiary/aromatic N) is 1. The third-order valence-corrected chi connectivity index (χ3v) is 5.90. The number of hydrogen-bond acceptors (Lipinski definition) is 5. The highest BCUT2D eigenvalue weighted by Crippen LogP contribution is 2.38. The van der Waals surface area contributed by atoms with Gasteiger partial charge in [-0.25, -0.2) is 0 Å². The quantitative estimate of drug-likeness (QED) is 0.298. The van der Waals surface area contributed by atoms with Crippen LogP contribution in [-0.2, 0) is 31.5 Å². The molecule has 1 heterocycles. The molecule has 0 saturated heterocycles. The van der Waals surface area contributed by atoms with E-state index in [1.807, 2.05) is 54.6 Å². The highest BCUT2D eigenvalue weighted by molar-refractivity contribution is 5.90. The van der Waals surface area contributed by atoms with Crippen molar-refractivity contribution >= 4 is 5.91 Å². The summed E-state index contributed by atoms with van der Waals surface area (Å²) >= 11 is 0. The summed E-state index contributed by atoms with van der Waals surface area (Å²) in [4.78, 5) is 11.4. The number of nitrogens with two attached hydrogens (primary N) is 1. The van der Waals surface area contributed by atoms with E-state index in [-0.39, 0.29) is 11.1 Å². The lowest BCUT2D eigenvalue weighted by Crippen LogP contribution is -2.15. The van der Waals surface area contributed by atoms with Crippen LogP contribution in [0.15, 0.2) is 83.4 Å². The molecule has 1 amide bonds. The van der Waals surface area contributed by atoms with Crippen LogP contribution in [0, 0.1) is 0 Å². The summed E-state index contributed by atoms with van der Waals surface area (Å²) < 4.78 is 18.0. The first-order valence-electron chi connectivity index (χ1n) is 12.1. The Bertz CT molecular complexity index is 1290. The zero-order chi connectivity index (χ0) is 25.5. The van der Waals surface area contributed by atoms with E-state index in [1.165, 1.54) is 0 Å². The van der Waals surface area contributed by atoms with Crippen LogP contribution in [-0.4, -0.2) is 11.1 Å². The van der Waals surface area contributed by atoms with E-state index in [4.69, 9.17) is 19.7 Å². The molecule has 0 saturated carbocycles. The Balaban J connectivity index is 1.64. The van der Waals surface area contributed by atoms with Crippen LogP contribution in [0.2, 0.25) is 0 Å². The van der Waals surface area contributed by atoms with E-state index in [2.05, 4.69) is 44.1 Å². The zero-order valence-corrected chi connectivity index (χ0v) is 21.0. The Labute approximate surface area is 212 Å². The van der Waals surface area contributed by atoms with Crippen LogP contribution in [0.25, 0.3) is 0 Å². The van der Waals surface area contributed by atoms with E-state index in [0.717, 1.165) is 33.8 Å². The zero-order valence-electron chi connectivity index (χ0n) is 21.0. The molecule has 3 aromatic carbocycles. The molecular formula is C30H32N2O4. The van der Waals surface area contributed by atoms with Crippen LogP contribution in [0.4, 0.5) is 0 Å². The molecule has 0 radical (unpaired) electrons. The van der Waals surface area contributed by atoms with Crippen molar-refractivity contribution in [1.82, 2.24) is 5.16 Å². The van der Waals surface area contributed by atoms with Crippen LogP contribution < -0.4 is 15.2 Å². The third kappa shape index (κ3) is 6.54. The van der Waals surface area contributed by atoms with Gasteiger partial charge in [-0.05, 0) is 34.6 Å². The topological polar surface area (TPSA) is 87.6 Å². The van der Waals surface area contributed by atoms with E-state index in [9.17, 15) is 4.79 Å². The number of aryl methyl sites for hydroxylation is 2. The van der Waals surface area contributed by atoms with Gasteiger partial charge in [0.2, 0.25) is 0 Å². The van der Waals surface area contributed by atoms with Gasteiger partial charge < -0.3 is 19.7 Å². The monoisotopic (exact) mass is 484 g/mol. The lowest BCUT2D eigenvalue weighted by Gasteiger charge is -2.25. The summed E-state index contributed by atoms with van der Waals surface area (Å²) in [5, 5.41) is 3.75. The number of carbonyl (C=O) groups is 1. The number of carbonyl (C=O) groups excluding carboxylic acids is 1. The number of hydrogen-bond donors (Lipinski definition) is 1. The molecule has 0 fully saturated rings. The summed E-state index contributed by atoms with van der Waals surface area (Å²) in [5.74, 6) is 1.55. The van der Waals surface area contributed by atoms with Crippen molar-refractivity contribution in [2.75, 3.05) is 0 Å². The minimum Gasteiger partial charge on any atom is -0.488 e. The van der Waals surface area contributed by atoms with Gasteiger partial charge in [0.15, 0.2) is 5.69 Å². The Morgan fingerprint density at radius 2 is 1.42 bits per heavy atom. The summed E-state index contributed by atoms with van der Waals surface area (Å²) in [6.07, 6.45) is 1.19. The summed E-state index contributed by atoms with van der Waals surface area (Å²) in [6.45, 7) is 7.41. The van der Waals surface area contributed by atoms with Gasteiger partial charge in [0.05, 0.1) is 0 Å². The minimum atomic E-state index is -0.605. The van der Waals surface area contributed by atoms with E-state index >= 15 is 0 Å². The smallest absolute Gasteiger partial charge is 0.270 e. The molecule has 186 valence electrons. The molecule has 6 heteroatoms. The molecule has 0 bridgehead atoms. The van der Waals surface area contributed by atoms with Crippen LogP contribution in [0.1, 0.15) is 59.3 Å². The standard InChI is InChI=1S/C30H32N2O4/c1-30(2,3)25-16-23(14-15-24-17-26(29(31)33)32-36-24)27(34-19-21-10-6-4-7-11-21)18-28(25)35-20-22-12-8-5-9-13-22/h4-13,16-18H,14-15,19-20H2,1-3H3,(H2,31,33). The normalized spacial score (nSPS) is 11.3. The molecule has 1 aromatic heterocycles. The first-order valence-corrected chi connectivity index (χ1v) is 12.1. The molecule has 36 heavy (non-hydrogen) atoms. The first kappa shape index (κ1) is 25.0. The third-order valence-electron chi connectivity index (χ3n) is 5.90. The van der Waals surface area contributed by atoms with Gasteiger partial charge in [-0.3, -0.25) is 4.79 Å². The Morgan fingerprint density at radius 1 is 0.833 bits per heavy atom. The fourth-order valence-corrected chi connectivity index (χ4v) is 3.92. The molecule has 0 unspecified atom stereocenters. The van der Waals surface area contributed by atoms with Crippen molar-refractivity contribution in [3.63, 3.8) is 0 Å². The number of rotatable bonds is 10. The summed E-state index contributed by atoms with van der Waals surface area (Å²) in [6, 6.07) is 25.9. The van der Waals surface area contributed by atoms with Crippen molar-refractivity contribution in [1.29, 1.82) is 0 Å². The molecule has 0 aliphatic rings. The Hall–Kier alpha value is -4.06. The van der Waals surface area contributed by atoms with Crippen molar-refractivity contribution in [3.8, 4) is 11.5 Å². The second-order valence-corrected chi connectivity index (χ2v) is 9.80. The predicted molar refractivity (Wildman–Crippen MR) is 139 cm³/mol. The first-order chi connectivity index (χ1) is 17.3.